The van der Waals surface area contributed by atoms with Crippen LogP contribution in [0.2, 0.25) is 5.02 Å². The van der Waals surface area contributed by atoms with Gasteiger partial charge in [-0.05, 0) is 24.3 Å². The molecule has 0 saturated carbocycles. The Morgan fingerprint density at radius 1 is 1.37 bits per heavy atom. The van der Waals surface area contributed by atoms with Gasteiger partial charge in [-0.3, -0.25) is 4.79 Å². The third-order valence-electron chi connectivity index (χ3n) is 2.65. The summed E-state index contributed by atoms with van der Waals surface area (Å²) in [5.74, 6) is -0.486. The first-order chi connectivity index (χ1) is 9.13. The van der Waals surface area contributed by atoms with Gasteiger partial charge >= 0.3 is 0 Å². The molecule has 0 spiro atoms. The SMILES string of the molecule is COc1cccnc1C(=O)Cc1c(F)cccc1Cl. The van der Waals surface area contributed by atoms with Gasteiger partial charge in [0.1, 0.15) is 17.3 Å². The molecule has 98 valence electrons. The minimum Gasteiger partial charge on any atom is -0.494 e. The molecule has 5 heteroatoms. The number of rotatable bonds is 4. The zero-order valence-corrected chi connectivity index (χ0v) is 10.9. The van der Waals surface area contributed by atoms with E-state index in [1.54, 1.807) is 18.2 Å². The average Bonchev–Trinajstić information content (AvgIpc) is 2.42. The Kier molecular flexibility index (Phi) is 4.12. The van der Waals surface area contributed by atoms with E-state index in [4.69, 9.17) is 16.3 Å². The molecule has 2 aromatic rings. The number of benzene rings is 1. The first-order valence-electron chi connectivity index (χ1n) is 5.58. The van der Waals surface area contributed by atoms with Gasteiger partial charge in [0, 0.05) is 23.2 Å². The molecule has 0 fully saturated rings. The fourth-order valence-corrected chi connectivity index (χ4v) is 1.94. The number of aromatic nitrogens is 1. The lowest BCUT2D eigenvalue weighted by Crippen LogP contribution is -2.09. The van der Waals surface area contributed by atoms with Gasteiger partial charge in [0.2, 0.25) is 0 Å². The van der Waals surface area contributed by atoms with E-state index < -0.39 is 5.82 Å². The Hall–Kier alpha value is -1.94. The van der Waals surface area contributed by atoms with Crippen LogP contribution >= 0.6 is 11.6 Å². The van der Waals surface area contributed by atoms with Crippen LogP contribution < -0.4 is 4.74 Å². The maximum Gasteiger partial charge on any atom is 0.189 e. The number of halogens is 2. The Bertz CT molecular complexity index is 596. The van der Waals surface area contributed by atoms with E-state index in [1.807, 2.05) is 0 Å². The van der Waals surface area contributed by atoms with Crippen molar-refractivity contribution in [3.63, 3.8) is 0 Å². The normalized spacial score (nSPS) is 10.3. The highest BCUT2D eigenvalue weighted by Gasteiger charge is 2.17. The van der Waals surface area contributed by atoms with E-state index in [0.717, 1.165) is 0 Å². The van der Waals surface area contributed by atoms with Crippen molar-refractivity contribution in [2.75, 3.05) is 7.11 Å². The topological polar surface area (TPSA) is 39.2 Å². The molecule has 0 saturated heterocycles. The van der Waals surface area contributed by atoms with E-state index in [0.29, 0.717) is 5.75 Å². The monoisotopic (exact) mass is 279 g/mol. The van der Waals surface area contributed by atoms with Crippen LogP contribution in [-0.2, 0) is 6.42 Å². The summed E-state index contributed by atoms with van der Waals surface area (Å²) in [6.45, 7) is 0. The summed E-state index contributed by atoms with van der Waals surface area (Å²) in [5, 5.41) is 0.225. The fraction of sp³-hybridized carbons (Fsp3) is 0.143. The maximum atomic E-state index is 13.6. The smallest absolute Gasteiger partial charge is 0.189 e. The van der Waals surface area contributed by atoms with E-state index in [2.05, 4.69) is 4.98 Å². The second-order valence-electron chi connectivity index (χ2n) is 3.85. The molecular weight excluding hydrogens is 269 g/mol. The summed E-state index contributed by atoms with van der Waals surface area (Å²) in [6, 6.07) is 7.59. The van der Waals surface area contributed by atoms with E-state index in [-0.39, 0.29) is 28.5 Å². The summed E-state index contributed by atoms with van der Waals surface area (Å²) in [5.41, 5.74) is 0.339. The predicted octanol–water partition coefficient (Wildman–Crippen LogP) is 3.31. The third kappa shape index (κ3) is 2.90. The summed E-state index contributed by atoms with van der Waals surface area (Å²) in [7, 11) is 1.45. The van der Waals surface area contributed by atoms with E-state index in [9.17, 15) is 9.18 Å². The maximum absolute atomic E-state index is 13.6. The van der Waals surface area contributed by atoms with Crippen molar-refractivity contribution in [1.29, 1.82) is 0 Å². The molecule has 1 aromatic carbocycles. The number of hydrogen-bond donors (Lipinski definition) is 0. The van der Waals surface area contributed by atoms with Gasteiger partial charge < -0.3 is 4.74 Å². The second-order valence-corrected chi connectivity index (χ2v) is 4.26. The molecule has 1 heterocycles. The molecule has 0 amide bonds. The summed E-state index contributed by atoms with van der Waals surface area (Å²) < 4.78 is 18.7. The summed E-state index contributed by atoms with van der Waals surface area (Å²) in [6.07, 6.45) is 1.33. The first-order valence-corrected chi connectivity index (χ1v) is 5.96. The van der Waals surface area contributed by atoms with Crippen LogP contribution in [0.5, 0.6) is 5.75 Å². The van der Waals surface area contributed by atoms with Gasteiger partial charge in [-0.25, -0.2) is 9.37 Å². The van der Waals surface area contributed by atoms with Gasteiger partial charge in [-0.2, -0.15) is 0 Å². The molecule has 0 aliphatic rings. The first kappa shape index (κ1) is 13.5. The molecule has 3 nitrogen and oxygen atoms in total. The minimum atomic E-state index is -0.504. The number of carbonyl (C=O) groups excluding carboxylic acids is 1. The van der Waals surface area contributed by atoms with Crippen LogP contribution in [0.3, 0.4) is 0 Å². The number of ketones is 1. The van der Waals surface area contributed by atoms with Crippen molar-refractivity contribution in [3.05, 3.63) is 58.6 Å². The Morgan fingerprint density at radius 3 is 2.84 bits per heavy atom. The highest BCUT2D eigenvalue weighted by molar-refractivity contribution is 6.31. The van der Waals surface area contributed by atoms with Gasteiger partial charge in [0.25, 0.3) is 0 Å². The molecule has 0 unspecified atom stereocenters. The lowest BCUT2D eigenvalue weighted by atomic mass is 10.1. The van der Waals surface area contributed by atoms with Crippen LogP contribution in [0.4, 0.5) is 4.39 Å². The number of methoxy groups -OCH3 is 1. The fourth-order valence-electron chi connectivity index (χ4n) is 1.71. The van der Waals surface area contributed by atoms with Crippen molar-refractivity contribution in [2.24, 2.45) is 0 Å². The Labute approximate surface area is 115 Å². The highest BCUT2D eigenvalue weighted by atomic mass is 35.5. The molecule has 0 atom stereocenters. The molecule has 0 radical (unpaired) electrons. The van der Waals surface area contributed by atoms with Crippen LogP contribution in [-0.4, -0.2) is 17.9 Å². The zero-order chi connectivity index (χ0) is 13.8. The number of nitrogens with zero attached hydrogens (tertiary/aromatic N) is 1. The standard InChI is InChI=1S/C14H11ClFNO2/c1-19-13-6-3-7-17-14(13)12(18)8-9-10(15)4-2-5-11(9)16/h2-7H,8H2,1H3. The van der Waals surface area contributed by atoms with Gasteiger partial charge in [0.15, 0.2) is 5.78 Å². The number of carbonyl (C=O) groups is 1. The lowest BCUT2D eigenvalue weighted by Gasteiger charge is -2.07. The highest BCUT2D eigenvalue weighted by Crippen LogP contribution is 2.23. The van der Waals surface area contributed by atoms with Crippen molar-refractivity contribution < 1.29 is 13.9 Å². The Balaban J connectivity index is 2.31. The van der Waals surface area contributed by atoms with Gasteiger partial charge in [0.05, 0.1) is 7.11 Å². The molecule has 1 aromatic heterocycles. The number of hydrogen-bond acceptors (Lipinski definition) is 3. The van der Waals surface area contributed by atoms with Gasteiger partial charge in [-0.15, -0.1) is 0 Å². The zero-order valence-electron chi connectivity index (χ0n) is 10.2. The molecule has 0 aliphatic carbocycles. The quantitative estimate of drug-likeness (QED) is 0.806. The number of ether oxygens (including phenoxy) is 1. The van der Waals surface area contributed by atoms with Crippen LogP contribution in [0.25, 0.3) is 0 Å². The second kappa shape index (κ2) is 5.80. The number of pyridine rings is 1. The molecule has 19 heavy (non-hydrogen) atoms. The molecule has 0 bridgehead atoms. The van der Waals surface area contributed by atoms with Crippen molar-refractivity contribution in [1.82, 2.24) is 4.98 Å². The van der Waals surface area contributed by atoms with E-state index in [1.165, 1.54) is 25.4 Å². The average molecular weight is 280 g/mol. The van der Waals surface area contributed by atoms with E-state index >= 15 is 0 Å². The summed E-state index contributed by atoms with van der Waals surface area (Å²) in [4.78, 5) is 16.1. The molecular formula is C14H11ClFNO2. The molecule has 0 N–H and O–H groups in total. The number of Topliss-reactive ketones (excluding diaryl/α,β-unsaturated/α-hetero) is 1. The minimum absolute atomic E-state index is 0.154. The third-order valence-corrected chi connectivity index (χ3v) is 3.01. The van der Waals surface area contributed by atoms with Crippen LogP contribution in [0, 0.1) is 5.82 Å². The molecule has 2 rings (SSSR count). The Morgan fingerprint density at radius 2 is 2.16 bits per heavy atom. The largest absolute Gasteiger partial charge is 0.494 e. The van der Waals surface area contributed by atoms with Crippen molar-refractivity contribution >= 4 is 17.4 Å². The van der Waals surface area contributed by atoms with Gasteiger partial charge in [-0.1, -0.05) is 17.7 Å². The lowest BCUT2D eigenvalue weighted by molar-refractivity contribution is 0.0984. The van der Waals surface area contributed by atoms with Crippen molar-refractivity contribution in [3.8, 4) is 5.75 Å². The summed E-state index contributed by atoms with van der Waals surface area (Å²) >= 11 is 5.89. The molecule has 0 aliphatic heterocycles. The van der Waals surface area contributed by atoms with Crippen molar-refractivity contribution in [2.45, 2.75) is 6.42 Å². The van der Waals surface area contributed by atoms with Crippen LogP contribution in [0.15, 0.2) is 36.5 Å². The predicted molar refractivity (Wildman–Crippen MR) is 70.2 cm³/mol. The van der Waals surface area contributed by atoms with Crippen LogP contribution in [0.1, 0.15) is 16.1 Å².